The van der Waals surface area contributed by atoms with E-state index in [-0.39, 0.29) is 27.3 Å². The second kappa shape index (κ2) is 6.28. The largest absolute Gasteiger partial charge is 0.390 e. The van der Waals surface area contributed by atoms with Crippen LogP contribution in [0.3, 0.4) is 0 Å². The number of rotatable bonds is 0. The first kappa shape index (κ1) is 23.0. The highest BCUT2D eigenvalue weighted by molar-refractivity contribution is 5.35. The van der Waals surface area contributed by atoms with Gasteiger partial charge in [-0.1, -0.05) is 54.5 Å². The molecule has 33 heavy (non-hydrogen) atoms. The van der Waals surface area contributed by atoms with Crippen LogP contribution in [-0.4, -0.2) is 33.6 Å². The smallest absolute Gasteiger partial charge is 0.133 e. The summed E-state index contributed by atoms with van der Waals surface area (Å²) in [4.78, 5) is 13.2. The normalized spacial score (nSPS) is 60.3. The monoisotopic (exact) mass is 458 g/mol. The minimum Gasteiger partial charge on any atom is -0.390 e. The van der Waals surface area contributed by atoms with Crippen LogP contribution in [0.25, 0.3) is 0 Å². The van der Waals surface area contributed by atoms with E-state index in [0.717, 1.165) is 25.7 Å². The molecule has 1 saturated heterocycles. The molecule has 4 nitrogen and oxygen atoms in total. The van der Waals surface area contributed by atoms with Gasteiger partial charge in [0.2, 0.25) is 0 Å². The van der Waals surface area contributed by atoms with Crippen LogP contribution >= 0.6 is 0 Å². The van der Waals surface area contributed by atoms with E-state index >= 15 is 0 Å². The molecule has 2 heterocycles. The zero-order valence-corrected chi connectivity index (χ0v) is 21.9. The molecule has 2 bridgehead atoms. The van der Waals surface area contributed by atoms with Crippen molar-refractivity contribution < 1.29 is 20.0 Å². The van der Waals surface area contributed by atoms with Crippen molar-refractivity contribution >= 4 is 0 Å². The van der Waals surface area contributed by atoms with Crippen molar-refractivity contribution in [1.29, 1.82) is 0 Å². The Bertz CT molecular complexity index is 894. The zero-order valence-electron chi connectivity index (χ0n) is 21.9. The van der Waals surface area contributed by atoms with Gasteiger partial charge < -0.3 is 10.2 Å². The molecule has 10 atom stereocenters. The van der Waals surface area contributed by atoms with Gasteiger partial charge in [-0.25, -0.2) is 9.78 Å². The molecule has 2 aliphatic heterocycles. The van der Waals surface area contributed by atoms with E-state index in [1.807, 2.05) is 0 Å². The molecule has 2 spiro atoms. The lowest BCUT2D eigenvalue weighted by molar-refractivity contribution is -0.512. The molecule has 5 aliphatic carbocycles. The molecular weight excluding hydrogens is 412 g/mol. The Morgan fingerprint density at radius 2 is 1.33 bits per heavy atom. The van der Waals surface area contributed by atoms with E-state index < -0.39 is 17.8 Å². The first-order valence-corrected chi connectivity index (χ1v) is 13.6. The molecule has 0 aromatic heterocycles. The van der Waals surface area contributed by atoms with E-state index in [9.17, 15) is 10.2 Å². The number of fused-ring (bicyclic) bond motifs is 4. The molecule has 7 aliphatic rings. The molecule has 2 unspecified atom stereocenters. The van der Waals surface area contributed by atoms with E-state index in [2.05, 4.69) is 60.6 Å². The summed E-state index contributed by atoms with van der Waals surface area (Å²) in [6.07, 6.45) is 12.1. The molecule has 2 N–H and O–H groups in total. The Labute approximate surface area is 200 Å². The summed E-state index contributed by atoms with van der Waals surface area (Å²) in [5, 5.41) is 21.9. The van der Waals surface area contributed by atoms with Crippen LogP contribution in [0.1, 0.15) is 99.8 Å². The summed E-state index contributed by atoms with van der Waals surface area (Å²) in [5.41, 5.74) is -0.682. The Balaban J connectivity index is 1.47. The maximum Gasteiger partial charge on any atom is 0.133 e. The van der Waals surface area contributed by atoms with Gasteiger partial charge in [-0.2, -0.15) is 0 Å². The Morgan fingerprint density at radius 1 is 0.697 bits per heavy atom. The maximum atomic E-state index is 11.0. The highest BCUT2D eigenvalue weighted by atomic mass is 17.2. The lowest BCUT2D eigenvalue weighted by Crippen LogP contribution is -2.78. The van der Waals surface area contributed by atoms with E-state index in [1.165, 1.54) is 19.3 Å². The molecule has 0 aromatic carbocycles. The Morgan fingerprint density at radius 3 is 1.97 bits per heavy atom. The number of hydrogen-bond donors (Lipinski definition) is 2. The van der Waals surface area contributed by atoms with E-state index in [4.69, 9.17) is 9.78 Å². The van der Waals surface area contributed by atoms with Crippen molar-refractivity contribution in [3.8, 4) is 0 Å². The average Bonchev–Trinajstić information content (AvgIpc) is 2.72. The number of aliphatic hydroxyl groups is 2. The van der Waals surface area contributed by atoms with Crippen molar-refractivity contribution in [2.75, 3.05) is 0 Å². The Kier molecular flexibility index (Phi) is 4.38. The predicted octanol–water partition coefficient (Wildman–Crippen LogP) is 5.81. The lowest BCUT2D eigenvalue weighted by atomic mass is 9.32. The van der Waals surface area contributed by atoms with Crippen LogP contribution in [0.4, 0.5) is 0 Å². The summed E-state index contributed by atoms with van der Waals surface area (Å²) in [5.74, 6) is 1.30. The molecule has 0 radical (unpaired) electrons. The fourth-order valence-corrected chi connectivity index (χ4v) is 11.1. The van der Waals surface area contributed by atoms with Crippen molar-refractivity contribution in [2.24, 2.45) is 44.8 Å². The molecule has 7 rings (SSSR count). The second-order valence-electron chi connectivity index (χ2n) is 15.2. The van der Waals surface area contributed by atoms with Gasteiger partial charge in [0.25, 0.3) is 0 Å². The van der Waals surface area contributed by atoms with Crippen LogP contribution in [0.5, 0.6) is 0 Å². The second-order valence-corrected chi connectivity index (χ2v) is 15.2. The summed E-state index contributed by atoms with van der Waals surface area (Å²) in [7, 11) is 0. The molecule has 5 fully saturated rings. The molecule has 0 aromatic rings. The molecule has 186 valence electrons. The number of aliphatic hydroxyl groups excluding tert-OH is 2. The summed E-state index contributed by atoms with van der Waals surface area (Å²) >= 11 is 0. The van der Waals surface area contributed by atoms with Gasteiger partial charge in [-0.15, -0.1) is 0 Å². The molecule has 0 amide bonds. The van der Waals surface area contributed by atoms with Crippen molar-refractivity contribution in [3.05, 3.63) is 12.2 Å². The van der Waals surface area contributed by atoms with E-state index in [1.54, 1.807) is 0 Å². The highest BCUT2D eigenvalue weighted by Gasteiger charge is 2.78. The van der Waals surface area contributed by atoms with Gasteiger partial charge in [0.1, 0.15) is 11.2 Å². The topological polar surface area (TPSA) is 58.9 Å². The third-order valence-corrected chi connectivity index (χ3v) is 12.9. The van der Waals surface area contributed by atoms with Crippen LogP contribution in [0, 0.1) is 44.8 Å². The first-order chi connectivity index (χ1) is 15.2. The Hall–Kier alpha value is -0.420. The fraction of sp³-hybridized carbons (Fsp3) is 0.931. The molecular formula is C29H46O4. The van der Waals surface area contributed by atoms with Gasteiger partial charge in [-0.3, -0.25) is 0 Å². The van der Waals surface area contributed by atoms with Crippen LogP contribution in [0.15, 0.2) is 12.2 Å². The first-order valence-electron chi connectivity index (χ1n) is 13.6. The van der Waals surface area contributed by atoms with Gasteiger partial charge in [0.15, 0.2) is 0 Å². The van der Waals surface area contributed by atoms with Crippen LogP contribution in [-0.2, 0) is 9.78 Å². The van der Waals surface area contributed by atoms with E-state index in [0.29, 0.717) is 29.6 Å². The third kappa shape index (κ3) is 2.43. The van der Waals surface area contributed by atoms with Crippen LogP contribution in [0.2, 0.25) is 0 Å². The molecule has 4 heteroatoms. The van der Waals surface area contributed by atoms with Crippen molar-refractivity contribution in [3.63, 3.8) is 0 Å². The lowest BCUT2D eigenvalue weighted by Gasteiger charge is -2.76. The maximum absolute atomic E-state index is 11.0. The standard InChI is InChI=1S/C29H46O4/c1-23(2)12-13-28-14-15-29(33-32-28)26(6)10-8-19-24(3,4)22(31)18(30)16-25(19,5)20(26)9-11-27(29,7)21(28)17-23/h14-15,18-22,30-31H,8-13,16-17H2,1-7H3/t18?,19-,20+,21-,22?,25+,26-,27+,28+,29+/m1/s1. The minimum atomic E-state index is -0.661. The van der Waals surface area contributed by atoms with Gasteiger partial charge in [0.05, 0.1) is 12.2 Å². The summed E-state index contributed by atoms with van der Waals surface area (Å²) in [6, 6.07) is 0. The van der Waals surface area contributed by atoms with Crippen molar-refractivity contribution in [2.45, 2.75) is 123 Å². The van der Waals surface area contributed by atoms with Crippen molar-refractivity contribution in [1.82, 2.24) is 0 Å². The van der Waals surface area contributed by atoms with Gasteiger partial charge >= 0.3 is 0 Å². The van der Waals surface area contributed by atoms with Gasteiger partial charge in [-0.05, 0) is 85.5 Å². The zero-order chi connectivity index (χ0) is 23.9. The van der Waals surface area contributed by atoms with Crippen LogP contribution < -0.4 is 0 Å². The predicted molar refractivity (Wildman–Crippen MR) is 128 cm³/mol. The average molecular weight is 459 g/mol. The van der Waals surface area contributed by atoms with Gasteiger partial charge in [0, 0.05) is 16.7 Å². The highest BCUT2D eigenvalue weighted by Crippen LogP contribution is 2.78. The minimum absolute atomic E-state index is 0.0275. The third-order valence-electron chi connectivity index (χ3n) is 12.9. The number of hydrogen-bond acceptors (Lipinski definition) is 4. The summed E-state index contributed by atoms with van der Waals surface area (Å²) < 4.78 is 0. The SMILES string of the molecule is CC1(C)CC[C@@]23C=C[C@@]4(OO2)[C@@](C)(CC[C@H]2[C@@]5(C)CC(O)C(O)C(C)(C)[C@H]5CC[C@]24C)[C@H]3C1. The quantitative estimate of drug-likeness (QED) is 0.355. The summed E-state index contributed by atoms with van der Waals surface area (Å²) in [6.45, 7) is 16.6. The fourth-order valence-electron chi connectivity index (χ4n) is 11.1. The molecule has 4 saturated carbocycles.